The molecule has 0 aliphatic rings. The van der Waals surface area contributed by atoms with E-state index in [1.807, 2.05) is 30.3 Å². The van der Waals surface area contributed by atoms with Crippen molar-refractivity contribution < 1.29 is 18.7 Å². The molecule has 0 aliphatic heterocycles. The highest BCUT2D eigenvalue weighted by molar-refractivity contribution is 5.93. The van der Waals surface area contributed by atoms with Gasteiger partial charge in [0, 0.05) is 6.08 Å². The van der Waals surface area contributed by atoms with Crippen molar-refractivity contribution in [3.05, 3.63) is 77.6 Å². The number of benzene rings is 2. The van der Waals surface area contributed by atoms with Crippen molar-refractivity contribution in [2.24, 2.45) is 0 Å². The molecule has 118 valence electrons. The van der Waals surface area contributed by atoms with Gasteiger partial charge in [0.25, 0.3) is 0 Å². The van der Waals surface area contributed by atoms with E-state index in [2.05, 4.69) is 5.32 Å². The second-order valence-electron chi connectivity index (χ2n) is 4.75. The van der Waals surface area contributed by atoms with Crippen LogP contribution in [0.5, 0.6) is 0 Å². The molecule has 1 N–H and O–H groups in total. The standard InChI is InChI=1S/C18H16FNO3/c19-16-9-6-14(7-10-16)8-11-17(21)20-12-18(22)23-13-15-4-2-1-3-5-15/h1-11H,12-13H2,(H,20,21)/b11-8+. The highest BCUT2D eigenvalue weighted by atomic mass is 19.1. The Morgan fingerprint density at radius 2 is 1.74 bits per heavy atom. The molecule has 1 amide bonds. The molecule has 0 aliphatic carbocycles. The molecule has 0 heterocycles. The third-order valence-corrected chi connectivity index (χ3v) is 2.95. The molecular weight excluding hydrogens is 297 g/mol. The van der Waals surface area contributed by atoms with Gasteiger partial charge in [0.05, 0.1) is 0 Å². The molecule has 2 aromatic rings. The molecule has 0 spiro atoms. The van der Waals surface area contributed by atoms with Gasteiger partial charge in [0.1, 0.15) is 19.0 Å². The van der Waals surface area contributed by atoms with Crippen molar-refractivity contribution >= 4 is 18.0 Å². The Morgan fingerprint density at radius 3 is 2.43 bits per heavy atom. The molecule has 0 saturated carbocycles. The summed E-state index contributed by atoms with van der Waals surface area (Å²) in [5, 5.41) is 2.43. The lowest BCUT2D eigenvalue weighted by Gasteiger charge is -2.05. The van der Waals surface area contributed by atoms with Gasteiger partial charge in [-0.25, -0.2) is 4.39 Å². The van der Waals surface area contributed by atoms with Crippen molar-refractivity contribution in [2.75, 3.05) is 6.54 Å². The lowest BCUT2D eigenvalue weighted by molar-refractivity contribution is -0.144. The third-order valence-electron chi connectivity index (χ3n) is 2.95. The first-order valence-electron chi connectivity index (χ1n) is 7.04. The Kier molecular flexibility index (Phi) is 6.06. The van der Waals surface area contributed by atoms with Crippen LogP contribution in [0.2, 0.25) is 0 Å². The number of carbonyl (C=O) groups is 2. The molecule has 0 radical (unpaired) electrons. The molecule has 0 atom stereocenters. The van der Waals surface area contributed by atoms with Crippen LogP contribution in [0.15, 0.2) is 60.7 Å². The van der Waals surface area contributed by atoms with Crippen LogP contribution >= 0.6 is 0 Å². The average Bonchev–Trinajstić information content (AvgIpc) is 2.58. The fourth-order valence-corrected chi connectivity index (χ4v) is 1.75. The molecule has 23 heavy (non-hydrogen) atoms. The first kappa shape index (κ1) is 16.4. The topological polar surface area (TPSA) is 55.4 Å². The molecule has 2 aromatic carbocycles. The van der Waals surface area contributed by atoms with Crippen molar-refractivity contribution in [2.45, 2.75) is 6.61 Å². The first-order chi connectivity index (χ1) is 11.1. The average molecular weight is 313 g/mol. The van der Waals surface area contributed by atoms with Crippen LogP contribution in [-0.2, 0) is 20.9 Å². The maximum atomic E-state index is 12.7. The van der Waals surface area contributed by atoms with Crippen molar-refractivity contribution in [1.29, 1.82) is 0 Å². The Hall–Kier alpha value is -2.95. The van der Waals surface area contributed by atoms with Gasteiger partial charge < -0.3 is 10.1 Å². The fourth-order valence-electron chi connectivity index (χ4n) is 1.75. The summed E-state index contributed by atoms with van der Waals surface area (Å²) < 4.78 is 17.8. The Bertz CT molecular complexity index is 681. The van der Waals surface area contributed by atoms with E-state index in [0.29, 0.717) is 5.56 Å². The van der Waals surface area contributed by atoms with Gasteiger partial charge >= 0.3 is 5.97 Å². The smallest absolute Gasteiger partial charge is 0.325 e. The molecular formula is C18H16FNO3. The molecule has 0 unspecified atom stereocenters. The van der Waals surface area contributed by atoms with Crippen LogP contribution < -0.4 is 5.32 Å². The summed E-state index contributed by atoms with van der Waals surface area (Å²) in [5.41, 5.74) is 1.57. The van der Waals surface area contributed by atoms with Crippen LogP contribution in [0, 0.1) is 5.82 Å². The van der Waals surface area contributed by atoms with E-state index in [1.165, 1.54) is 24.3 Å². The zero-order chi connectivity index (χ0) is 16.5. The van der Waals surface area contributed by atoms with Crippen LogP contribution in [0.25, 0.3) is 6.08 Å². The van der Waals surface area contributed by atoms with E-state index in [1.54, 1.807) is 12.1 Å². The van der Waals surface area contributed by atoms with Gasteiger partial charge in [0.15, 0.2) is 0 Å². The lowest BCUT2D eigenvalue weighted by atomic mass is 10.2. The van der Waals surface area contributed by atoms with Crippen LogP contribution in [0.1, 0.15) is 11.1 Å². The number of rotatable bonds is 6. The number of carbonyl (C=O) groups excluding carboxylic acids is 2. The van der Waals surface area contributed by atoms with Gasteiger partial charge in [-0.15, -0.1) is 0 Å². The number of hydrogen-bond acceptors (Lipinski definition) is 3. The number of hydrogen-bond donors (Lipinski definition) is 1. The van der Waals surface area contributed by atoms with Gasteiger partial charge in [-0.3, -0.25) is 9.59 Å². The summed E-state index contributed by atoms with van der Waals surface area (Å²) in [6.07, 6.45) is 2.81. The van der Waals surface area contributed by atoms with Crippen molar-refractivity contribution in [3.8, 4) is 0 Å². The van der Waals surface area contributed by atoms with E-state index in [0.717, 1.165) is 5.56 Å². The molecule has 0 bridgehead atoms. The predicted molar refractivity (Wildman–Crippen MR) is 84.7 cm³/mol. The zero-order valence-electron chi connectivity index (χ0n) is 12.4. The van der Waals surface area contributed by atoms with Crippen molar-refractivity contribution in [3.63, 3.8) is 0 Å². The maximum Gasteiger partial charge on any atom is 0.325 e. The zero-order valence-corrected chi connectivity index (χ0v) is 12.4. The van der Waals surface area contributed by atoms with Crippen LogP contribution in [0.3, 0.4) is 0 Å². The van der Waals surface area contributed by atoms with Gasteiger partial charge in [-0.1, -0.05) is 42.5 Å². The summed E-state index contributed by atoms with van der Waals surface area (Å²) in [6, 6.07) is 15.0. The molecule has 0 saturated heterocycles. The first-order valence-corrected chi connectivity index (χ1v) is 7.04. The quantitative estimate of drug-likeness (QED) is 0.659. The molecule has 0 fully saturated rings. The second kappa shape index (κ2) is 8.48. The largest absolute Gasteiger partial charge is 0.460 e. The Morgan fingerprint density at radius 1 is 1.04 bits per heavy atom. The minimum Gasteiger partial charge on any atom is -0.460 e. The Balaban J connectivity index is 1.71. The number of ether oxygens (including phenoxy) is 1. The SMILES string of the molecule is O=C(/C=C/c1ccc(F)cc1)NCC(=O)OCc1ccccc1. The van der Waals surface area contributed by atoms with E-state index < -0.39 is 11.9 Å². The number of esters is 1. The lowest BCUT2D eigenvalue weighted by Crippen LogP contribution is -2.29. The number of halogens is 1. The minimum absolute atomic E-state index is 0.168. The van der Waals surface area contributed by atoms with E-state index in [4.69, 9.17) is 4.74 Å². The minimum atomic E-state index is -0.516. The number of amides is 1. The maximum absolute atomic E-state index is 12.7. The Labute approximate surface area is 133 Å². The molecule has 4 nitrogen and oxygen atoms in total. The molecule has 5 heteroatoms. The summed E-state index contributed by atoms with van der Waals surface area (Å²) in [5.74, 6) is -1.28. The normalized spacial score (nSPS) is 10.5. The fraction of sp³-hybridized carbons (Fsp3) is 0.111. The highest BCUT2D eigenvalue weighted by Crippen LogP contribution is 2.04. The van der Waals surface area contributed by atoms with E-state index in [9.17, 15) is 14.0 Å². The van der Waals surface area contributed by atoms with Gasteiger partial charge in [0.2, 0.25) is 5.91 Å². The molecule has 0 aromatic heterocycles. The third kappa shape index (κ3) is 6.13. The van der Waals surface area contributed by atoms with Gasteiger partial charge in [-0.2, -0.15) is 0 Å². The monoisotopic (exact) mass is 313 g/mol. The summed E-state index contributed by atoms with van der Waals surface area (Å²) >= 11 is 0. The summed E-state index contributed by atoms with van der Waals surface area (Å²) in [6.45, 7) is -0.0413. The van der Waals surface area contributed by atoms with Crippen LogP contribution in [-0.4, -0.2) is 18.4 Å². The summed E-state index contributed by atoms with van der Waals surface area (Å²) in [7, 11) is 0. The van der Waals surface area contributed by atoms with Crippen molar-refractivity contribution in [1.82, 2.24) is 5.32 Å². The number of nitrogens with one attached hydrogen (secondary N) is 1. The van der Waals surface area contributed by atoms with Crippen LogP contribution in [0.4, 0.5) is 4.39 Å². The predicted octanol–water partition coefficient (Wildman–Crippen LogP) is 2.70. The van der Waals surface area contributed by atoms with E-state index >= 15 is 0 Å². The summed E-state index contributed by atoms with van der Waals surface area (Å²) in [4.78, 5) is 23.1. The second-order valence-corrected chi connectivity index (χ2v) is 4.75. The van der Waals surface area contributed by atoms with E-state index in [-0.39, 0.29) is 19.0 Å². The van der Waals surface area contributed by atoms with Gasteiger partial charge in [-0.05, 0) is 29.3 Å². The molecule has 2 rings (SSSR count). The highest BCUT2D eigenvalue weighted by Gasteiger charge is 2.04.